The van der Waals surface area contributed by atoms with Gasteiger partial charge in [-0.05, 0) is 66.8 Å². The SMILES string of the molecule is CCCCC(C)C(C)(C)c1cc(C(C)(C)C)cc(C(C)(CCCC)Pc2ccccc2C=NC(C)(C)C)c1OCOC. The molecule has 0 saturated heterocycles. The second-order valence-corrected chi connectivity index (χ2v) is 16.9. The molecule has 0 aromatic heterocycles. The normalized spacial score (nSPS) is 15.5. The highest BCUT2D eigenvalue weighted by molar-refractivity contribution is 7.48. The first-order chi connectivity index (χ1) is 19.5. The quantitative estimate of drug-likeness (QED) is 0.116. The molecule has 0 fully saturated rings. The van der Waals surface area contributed by atoms with Crippen LogP contribution in [0.4, 0.5) is 0 Å². The molecule has 0 spiro atoms. The van der Waals surface area contributed by atoms with Crippen LogP contribution in [-0.2, 0) is 20.7 Å². The zero-order valence-electron chi connectivity index (χ0n) is 29.3. The molecule has 0 heterocycles. The van der Waals surface area contributed by atoms with Crippen molar-refractivity contribution in [3.8, 4) is 5.75 Å². The Hall–Kier alpha value is -1.70. The molecule has 0 bridgehead atoms. The molecule has 3 unspecified atom stereocenters. The Kier molecular flexibility index (Phi) is 13.3. The van der Waals surface area contributed by atoms with E-state index in [0.717, 1.165) is 25.0 Å². The Balaban J connectivity index is 2.90. The van der Waals surface area contributed by atoms with Gasteiger partial charge in [0.15, 0.2) is 6.79 Å². The molecule has 0 aliphatic rings. The van der Waals surface area contributed by atoms with Crippen LogP contribution in [0.25, 0.3) is 0 Å². The zero-order chi connectivity index (χ0) is 31.8. The number of hydrogen-bond donors (Lipinski definition) is 0. The number of hydrogen-bond acceptors (Lipinski definition) is 3. The molecule has 0 saturated carbocycles. The van der Waals surface area contributed by atoms with Crippen LogP contribution in [0.1, 0.15) is 144 Å². The van der Waals surface area contributed by atoms with Crippen molar-refractivity contribution in [2.75, 3.05) is 13.9 Å². The predicted molar refractivity (Wildman–Crippen MR) is 188 cm³/mol. The fourth-order valence-corrected chi connectivity index (χ4v) is 7.13. The summed E-state index contributed by atoms with van der Waals surface area (Å²) in [6.07, 6.45) is 9.17. The van der Waals surface area contributed by atoms with Gasteiger partial charge in [0.25, 0.3) is 0 Å². The molecule has 0 aliphatic heterocycles. The molecule has 236 valence electrons. The summed E-state index contributed by atoms with van der Waals surface area (Å²) in [7, 11) is 2.29. The van der Waals surface area contributed by atoms with Crippen LogP contribution < -0.4 is 10.0 Å². The van der Waals surface area contributed by atoms with Crippen molar-refractivity contribution in [3.63, 3.8) is 0 Å². The average molecular weight is 596 g/mol. The maximum absolute atomic E-state index is 6.67. The molecule has 0 N–H and O–H groups in total. The highest BCUT2D eigenvalue weighted by Gasteiger charge is 2.38. The van der Waals surface area contributed by atoms with Crippen molar-refractivity contribution in [3.05, 3.63) is 58.7 Å². The second-order valence-electron chi connectivity index (χ2n) is 15.0. The van der Waals surface area contributed by atoms with Crippen LogP contribution in [0.2, 0.25) is 0 Å². The first kappa shape index (κ1) is 36.5. The summed E-state index contributed by atoms with van der Waals surface area (Å²) in [4.78, 5) is 4.89. The molecule has 0 amide bonds. The first-order valence-electron chi connectivity index (χ1n) is 16.2. The van der Waals surface area contributed by atoms with Crippen molar-refractivity contribution in [2.24, 2.45) is 10.9 Å². The van der Waals surface area contributed by atoms with Crippen LogP contribution in [0.15, 0.2) is 41.4 Å². The van der Waals surface area contributed by atoms with Gasteiger partial charge >= 0.3 is 0 Å². The van der Waals surface area contributed by atoms with Gasteiger partial charge in [-0.1, -0.05) is 133 Å². The van der Waals surface area contributed by atoms with E-state index in [1.54, 1.807) is 7.11 Å². The second kappa shape index (κ2) is 15.3. The number of ether oxygens (including phenoxy) is 2. The summed E-state index contributed by atoms with van der Waals surface area (Å²) in [5, 5.41) is 1.25. The molecular weight excluding hydrogens is 533 g/mol. The van der Waals surface area contributed by atoms with Gasteiger partial charge in [0.2, 0.25) is 0 Å². The Morgan fingerprint density at radius 2 is 1.50 bits per heavy atom. The smallest absolute Gasteiger partial charge is 0.188 e. The van der Waals surface area contributed by atoms with Crippen LogP contribution in [0, 0.1) is 5.92 Å². The van der Waals surface area contributed by atoms with Gasteiger partial charge in [-0.25, -0.2) is 0 Å². The summed E-state index contributed by atoms with van der Waals surface area (Å²) in [5.74, 6) is 1.55. The fraction of sp³-hybridized carbons (Fsp3) is 0.658. The van der Waals surface area contributed by atoms with E-state index >= 15 is 0 Å². The van der Waals surface area contributed by atoms with E-state index in [1.165, 1.54) is 46.8 Å². The standard InChI is InChI=1S/C38H62NO2P/c1-14-16-20-28(3)37(10,11)31-24-30(35(4,5)6)25-32(34(31)41-27-40-13)38(12,23-17-15-2)42-33-22-19-18-21-29(33)26-39-36(7,8)9/h18-19,21-22,24-26,28,42H,14-17,20,23,27H2,1-13H3. The van der Waals surface area contributed by atoms with Gasteiger partial charge in [-0.2, -0.15) is 0 Å². The summed E-state index contributed by atoms with van der Waals surface area (Å²) in [6, 6.07) is 13.7. The van der Waals surface area contributed by atoms with Gasteiger partial charge < -0.3 is 9.47 Å². The Labute approximate surface area is 261 Å². The Bertz CT molecular complexity index is 1150. The average Bonchev–Trinajstić information content (AvgIpc) is 2.91. The van der Waals surface area contributed by atoms with Crippen molar-refractivity contribution < 1.29 is 9.47 Å². The molecule has 2 aromatic carbocycles. The lowest BCUT2D eigenvalue weighted by molar-refractivity contribution is 0.0480. The fourth-order valence-electron chi connectivity index (χ4n) is 5.44. The number of benzene rings is 2. The number of methoxy groups -OCH3 is 1. The molecule has 3 atom stereocenters. The van der Waals surface area contributed by atoms with Crippen molar-refractivity contribution in [1.82, 2.24) is 0 Å². The van der Waals surface area contributed by atoms with Crippen molar-refractivity contribution >= 4 is 20.1 Å². The highest BCUT2D eigenvalue weighted by atomic mass is 31.1. The minimum Gasteiger partial charge on any atom is -0.467 e. The van der Waals surface area contributed by atoms with E-state index in [2.05, 4.69) is 126 Å². The summed E-state index contributed by atoms with van der Waals surface area (Å²) in [6.45, 7) is 28.0. The minimum atomic E-state index is -0.112. The molecule has 0 aliphatic carbocycles. The first-order valence-corrected chi connectivity index (χ1v) is 17.2. The molecular formula is C38H62NO2P. The lowest BCUT2D eigenvalue weighted by Crippen LogP contribution is -2.31. The van der Waals surface area contributed by atoms with Gasteiger partial charge in [0.1, 0.15) is 5.75 Å². The summed E-state index contributed by atoms with van der Waals surface area (Å²) in [5.41, 5.74) is 5.08. The largest absolute Gasteiger partial charge is 0.467 e. The van der Waals surface area contributed by atoms with Crippen molar-refractivity contribution in [2.45, 2.75) is 143 Å². The van der Waals surface area contributed by atoms with Gasteiger partial charge in [0.05, 0.1) is 5.54 Å². The van der Waals surface area contributed by atoms with Crippen molar-refractivity contribution in [1.29, 1.82) is 0 Å². The third-order valence-corrected chi connectivity index (χ3v) is 10.6. The number of unbranched alkanes of at least 4 members (excludes halogenated alkanes) is 2. The Morgan fingerprint density at radius 1 is 0.881 bits per heavy atom. The van der Waals surface area contributed by atoms with Gasteiger partial charge in [-0.15, -0.1) is 0 Å². The number of aliphatic imine (C=N–C) groups is 1. The van der Waals surface area contributed by atoms with Gasteiger partial charge in [0, 0.05) is 29.6 Å². The molecule has 42 heavy (non-hydrogen) atoms. The van der Waals surface area contributed by atoms with E-state index < -0.39 is 0 Å². The molecule has 4 heteroatoms. The minimum absolute atomic E-state index is 0.0120. The van der Waals surface area contributed by atoms with E-state index in [9.17, 15) is 0 Å². The summed E-state index contributed by atoms with van der Waals surface area (Å²) < 4.78 is 12.2. The van der Waals surface area contributed by atoms with Gasteiger partial charge in [-0.3, -0.25) is 4.99 Å². The zero-order valence-corrected chi connectivity index (χ0v) is 30.3. The maximum Gasteiger partial charge on any atom is 0.188 e. The topological polar surface area (TPSA) is 30.8 Å². The molecule has 2 aromatic rings. The molecule has 3 nitrogen and oxygen atoms in total. The third-order valence-electron chi connectivity index (χ3n) is 8.78. The van der Waals surface area contributed by atoms with Crippen LogP contribution in [0.3, 0.4) is 0 Å². The lowest BCUT2D eigenvalue weighted by atomic mass is 9.69. The number of nitrogens with zero attached hydrogens (tertiary/aromatic N) is 1. The van der Waals surface area contributed by atoms with Crippen LogP contribution in [0.5, 0.6) is 5.75 Å². The summed E-state index contributed by atoms with van der Waals surface area (Å²) >= 11 is 0. The van der Waals surface area contributed by atoms with E-state index in [1.807, 2.05) is 0 Å². The molecule has 0 radical (unpaired) electrons. The van der Waals surface area contributed by atoms with Crippen LogP contribution in [-0.4, -0.2) is 25.7 Å². The maximum atomic E-state index is 6.67. The Morgan fingerprint density at radius 3 is 2.07 bits per heavy atom. The van der Waals surface area contributed by atoms with E-state index in [0.29, 0.717) is 14.5 Å². The van der Waals surface area contributed by atoms with E-state index in [-0.39, 0.29) is 28.3 Å². The van der Waals surface area contributed by atoms with Crippen LogP contribution >= 0.6 is 8.58 Å². The van der Waals surface area contributed by atoms with E-state index in [4.69, 9.17) is 14.5 Å². The predicted octanol–water partition coefficient (Wildman–Crippen LogP) is 10.7. The number of rotatable bonds is 15. The monoisotopic (exact) mass is 595 g/mol. The third kappa shape index (κ3) is 9.92. The molecule has 2 rings (SSSR count). The highest BCUT2D eigenvalue weighted by Crippen LogP contribution is 2.53. The lowest BCUT2D eigenvalue weighted by Gasteiger charge is -2.40.